The maximum absolute atomic E-state index is 15.5. The number of fused-ring (bicyclic) bond motifs is 5. The van der Waals surface area contributed by atoms with E-state index in [-0.39, 0.29) is 5.91 Å². The largest absolute Gasteiger partial charge is 0.443 e. The van der Waals surface area contributed by atoms with E-state index < -0.39 is 40.6 Å². The first-order valence-electron chi connectivity index (χ1n) is 14.9. The Bertz CT molecular complexity index is 1810. The molecule has 0 saturated carbocycles. The first-order valence-corrected chi connectivity index (χ1v) is 14.9. The first kappa shape index (κ1) is 28.0. The van der Waals surface area contributed by atoms with Crippen LogP contribution in [0.2, 0.25) is 0 Å². The van der Waals surface area contributed by atoms with Crippen LogP contribution in [-0.2, 0) is 30.1 Å². The maximum atomic E-state index is 15.5. The van der Waals surface area contributed by atoms with Crippen molar-refractivity contribution in [2.24, 2.45) is 0 Å². The fourth-order valence-electron chi connectivity index (χ4n) is 7.45. The van der Waals surface area contributed by atoms with Gasteiger partial charge >= 0.3 is 6.09 Å². The fourth-order valence-corrected chi connectivity index (χ4v) is 7.45. The molecule has 0 radical (unpaired) electrons. The minimum absolute atomic E-state index is 0.358. The Morgan fingerprint density at radius 2 is 1.34 bits per heavy atom. The molecule has 0 N–H and O–H groups in total. The van der Waals surface area contributed by atoms with Gasteiger partial charge in [-0.1, -0.05) is 96.6 Å². The van der Waals surface area contributed by atoms with E-state index in [1.165, 1.54) is 0 Å². The van der Waals surface area contributed by atoms with Crippen LogP contribution in [-0.4, -0.2) is 30.6 Å². The second kappa shape index (κ2) is 9.63. The number of aryl methyl sites for hydroxylation is 1. The van der Waals surface area contributed by atoms with Crippen LogP contribution in [0, 0.1) is 6.92 Å². The van der Waals surface area contributed by atoms with Crippen LogP contribution < -0.4 is 9.80 Å². The number of carbonyl (C=O) groups is 3. The molecular formula is C37H34N2O5. The first-order chi connectivity index (χ1) is 21.0. The van der Waals surface area contributed by atoms with E-state index in [0.717, 1.165) is 21.6 Å². The zero-order chi connectivity index (χ0) is 31.0. The summed E-state index contributed by atoms with van der Waals surface area (Å²) in [6.45, 7) is 7.30. The van der Waals surface area contributed by atoms with Gasteiger partial charge in [-0.15, -0.1) is 0 Å². The number of ether oxygens (including phenoxy) is 2. The Morgan fingerprint density at radius 1 is 0.750 bits per heavy atom. The lowest BCUT2D eigenvalue weighted by Gasteiger charge is -2.40. The fraction of sp³-hybridized carbons (Fsp3) is 0.270. The Hall–Kier alpha value is -4.75. The molecule has 44 heavy (non-hydrogen) atoms. The van der Waals surface area contributed by atoms with Crippen molar-refractivity contribution in [1.29, 1.82) is 0 Å². The van der Waals surface area contributed by atoms with Crippen molar-refractivity contribution in [3.05, 3.63) is 131 Å². The highest BCUT2D eigenvalue weighted by atomic mass is 16.6. The third-order valence-electron chi connectivity index (χ3n) is 9.13. The topological polar surface area (TPSA) is 76.2 Å². The van der Waals surface area contributed by atoms with Gasteiger partial charge in [0.2, 0.25) is 0 Å². The number of carbonyl (C=O) groups excluding carboxylic acids is 3. The van der Waals surface area contributed by atoms with Gasteiger partial charge in [0, 0.05) is 18.5 Å². The lowest BCUT2D eigenvalue weighted by molar-refractivity contribution is -0.153. The average molecular weight is 587 g/mol. The van der Waals surface area contributed by atoms with Gasteiger partial charge in [-0.3, -0.25) is 9.59 Å². The maximum Gasteiger partial charge on any atom is 0.421 e. The summed E-state index contributed by atoms with van der Waals surface area (Å²) in [4.78, 5) is 47.1. The predicted octanol–water partition coefficient (Wildman–Crippen LogP) is 6.94. The van der Waals surface area contributed by atoms with Gasteiger partial charge < -0.3 is 14.4 Å². The molecule has 3 aliphatic rings. The lowest BCUT2D eigenvalue weighted by atomic mass is 9.57. The van der Waals surface area contributed by atoms with E-state index in [9.17, 15) is 9.59 Å². The summed E-state index contributed by atoms with van der Waals surface area (Å²) in [5.74, 6) is -1.59. The number of hydrogen-bond acceptors (Lipinski definition) is 5. The highest BCUT2D eigenvalue weighted by molar-refractivity contribution is 6.26. The van der Waals surface area contributed by atoms with E-state index in [2.05, 4.69) is 0 Å². The molecule has 7 rings (SSSR count). The monoisotopic (exact) mass is 586 g/mol. The number of nitrogens with zero attached hydrogens (tertiary/aromatic N) is 2. The molecule has 3 aliphatic heterocycles. The van der Waals surface area contributed by atoms with E-state index >= 15 is 4.79 Å². The zero-order valence-electron chi connectivity index (χ0n) is 25.4. The molecule has 4 aromatic carbocycles. The van der Waals surface area contributed by atoms with E-state index in [1.54, 1.807) is 44.9 Å². The number of imide groups is 1. The van der Waals surface area contributed by atoms with E-state index in [0.29, 0.717) is 22.5 Å². The van der Waals surface area contributed by atoms with Crippen molar-refractivity contribution >= 4 is 29.3 Å². The smallest absolute Gasteiger partial charge is 0.421 e. The average Bonchev–Trinajstić information content (AvgIpc) is 3.55. The minimum Gasteiger partial charge on any atom is -0.443 e. The molecule has 2 spiro atoms. The van der Waals surface area contributed by atoms with Gasteiger partial charge in [-0.25, -0.2) is 9.69 Å². The molecule has 4 atom stereocenters. The highest BCUT2D eigenvalue weighted by Gasteiger charge is 2.80. The molecule has 1 fully saturated rings. The molecule has 3 heterocycles. The summed E-state index contributed by atoms with van der Waals surface area (Å²) in [6.07, 6.45) is -1.50. The zero-order valence-corrected chi connectivity index (χ0v) is 25.4. The van der Waals surface area contributed by atoms with Crippen LogP contribution in [0.5, 0.6) is 0 Å². The van der Waals surface area contributed by atoms with Gasteiger partial charge in [0.05, 0.1) is 17.5 Å². The number of hydrogen-bond donors (Lipinski definition) is 0. The van der Waals surface area contributed by atoms with Crippen LogP contribution in [0.3, 0.4) is 0 Å². The van der Waals surface area contributed by atoms with Gasteiger partial charge in [-0.05, 0) is 56.5 Å². The molecule has 222 valence electrons. The normalized spacial score (nSPS) is 25.6. The molecule has 7 heteroatoms. The number of rotatable bonds is 2. The lowest BCUT2D eigenvalue weighted by Crippen LogP contribution is -2.60. The SMILES string of the molecule is Cc1ccc([C@H]2O[C@]3(C(=O)N(C)c4ccccc43)[C@@]3(C(=O)N(C(=O)OC(C)(C)C)c4ccccc43)[C@@H]2c2ccccc2)cc1. The van der Waals surface area contributed by atoms with Crippen LogP contribution in [0.4, 0.5) is 16.2 Å². The number of likely N-dealkylation sites (N-methyl/N-ethyl adjacent to an activating group) is 1. The molecular weight excluding hydrogens is 552 g/mol. The van der Waals surface area contributed by atoms with Crippen LogP contribution in [0.1, 0.15) is 60.6 Å². The number of amides is 3. The Balaban J connectivity index is 1.61. The second-order valence-electron chi connectivity index (χ2n) is 12.8. The minimum atomic E-state index is -1.78. The van der Waals surface area contributed by atoms with E-state index in [4.69, 9.17) is 9.47 Å². The van der Waals surface area contributed by atoms with Gasteiger partial charge in [-0.2, -0.15) is 0 Å². The summed E-state index contributed by atoms with van der Waals surface area (Å²) >= 11 is 0. The second-order valence-corrected chi connectivity index (χ2v) is 12.8. The Morgan fingerprint density at radius 3 is 2.00 bits per heavy atom. The molecule has 0 aliphatic carbocycles. The van der Waals surface area contributed by atoms with Crippen molar-refractivity contribution in [3.63, 3.8) is 0 Å². The predicted molar refractivity (Wildman–Crippen MR) is 168 cm³/mol. The van der Waals surface area contributed by atoms with E-state index in [1.807, 2.05) is 97.9 Å². The summed E-state index contributed by atoms with van der Waals surface area (Å²) in [6, 6.07) is 32.4. The summed E-state index contributed by atoms with van der Waals surface area (Å²) < 4.78 is 13.0. The molecule has 4 aromatic rings. The molecule has 0 bridgehead atoms. The molecule has 0 aromatic heterocycles. The Kier molecular flexibility index (Phi) is 6.14. The number of benzene rings is 4. The third kappa shape index (κ3) is 3.62. The molecule has 1 saturated heterocycles. The highest BCUT2D eigenvalue weighted by Crippen LogP contribution is 2.71. The number of anilines is 2. The summed E-state index contributed by atoms with van der Waals surface area (Å²) in [5.41, 5.74) is 0.640. The van der Waals surface area contributed by atoms with Crippen molar-refractivity contribution in [2.45, 2.75) is 56.3 Å². The summed E-state index contributed by atoms with van der Waals surface area (Å²) in [7, 11) is 1.71. The van der Waals surface area contributed by atoms with Crippen molar-refractivity contribution in [2.75, 3.05) is 16.8 Å². The van der Waals surface area contributed by atoms with Crippen LogP contribution in [0.15, 0.2) is 103 Å². The molecule has 0 unspecified atom stereocenters. The van der Waals surface area contributed by atoms with Crippen molar-refractivity contribution in [1.82, 2.24) is 0 Å². The third-order valence-corrected chi connectivity index (χ3v) is 9.13. The van der Waals surface area contributed by atoms with Crippen molar-refractivity contribution < 1.29 is 23.9 Å². The van der Waals surface area contributed by atoms with Crippen molar-refractivity contribution in [3.8, 4) is 0 Å². The van der Waals surface area contributed by atoms with Gasteiger partial charge in [0.1, 0.15) is 11.0 Å². The van der Waals surface area contributed by atoms with Gasteiger partial charge in [0.25, 0.3) is 11.8 Å². The van der Waals surface area contributed by atoms with Gasteiger partial charge in [0.15, 0.2) is 5.60 Å². The quantitative estimate of drug-likeness (QED) is 0.254. The summed E-state index contributed by atoms with van der Waals surface area (Å²) in [5, 5.41) is 0. The molecule has 7 nitrogen and oxygen atoms in total. The van der Waals surface area contributed by atoms with Crippen LogP contribution in [0.25, 0.3) is 0 Å². The number of para-hydroxylation sites is 2. The van der Waals surface area contributed by atoms with Crippen LogP contribution >= 0.6 is 0 Å². The Labute approximate surface area is 257 Å². The standard InChI is InChI=1S/C37H34N2O5/c1-23-19-21-25(22-20-23)31-30(24-13-7-6-8-14-24)36(37(43-31)27-16-10-11-17-28(27)38(5)33(37)41)26-15-9-12-18-29(26)39(32(36)40)34(42)44-35(2,3)4/h6-22,30-31H,1-5H3/t30-,31-,36-,37-/m1/s1. The molecule has 3 amide bonds.